The van der Waals surface area contributed by atoms with E-state index in [-0.39, 0.29) is 27.4 Å². The quantitative estimate of drug-likeness (QED) is 0.388. The number of hydrogen-bond acceptors (Lipinski definition) is 1. The molecule has 1 amide bonds. The van der Waals surface area contributed by atoms with Gasteiger partial charge in [0.25, 0.3) is 0 Å². The zero-order valence-corrected chi connectivity index (χ0v) is 8.20. The third-order valence-corrected chi connectivity index (χ3v) is 4.22. The summed E-state index contributed by atoms with van der Waals surface area (Å²) in [6.07, 6.45) is 0. The zero-order valence-electron chi connectivity index (χ0n) is 6.04. The molecule has 0 bridgehead atoms. The fraction of sp³-hybridized carbons (Fsp3) is 0.125. The van der Waals surface area contributed by atoms with E-state index < -0.39 is 0 Å². The minimum atomic E-state index is -0.197. The van der Waals surface area contributed by atoms with Crippen molar-refractivity contribution in [1.29, 1.82) is 0 Å². The molecule has 0 saturated carbocycles. The van der Waals surface area contributed by atoms with Crippen LogP contribution in [0.4, 0.5) is 0 Å². The summed E-state index contributed by atoms with van der Waals surface area (Å²) < 4.78 is 3.09. The number of halogens is 1. The molecule has 58 valence electrons. The summed E-state index contributed by atoms with van der Waals surface area (Å²) in [5.41, 5.74) is 0.905. The Bertz CT molecular complexity index is 311. The number of rotatable bonds is 0. The van der Waals surface area contributed by atoms with Gasteiger partial charge >= 0.3 is 75.7 Å². The molecule has 1 aromatic rings. The molecule has 0 saturated heterocycles. The van der Waals surface area contributed by atoms with E-state index in [1.165, 1.54) is 3.57 Å². The van der Waals surface area contributed by atoms with Crippen LogP contribution >= 0.6 is 0 Å². The van der Waals surface area contributed by atoms with E-state index in [2.05, 4.69) is 0 Å². The number of benzene rings is 1. The Kier molecular flexibility index (Phi) is 1.60. The van der Waals surface area contributed by atoms with Crippen LogP contribution in [-0.2, 0) is 0 Å². The van der Waals surface area contributed by atoms with E-state index in [1.807, 2.05) is 34.4 Å². The fourth-order valence-corrected chi connectivity index (χ4v) is 3.35. The summed E-state index contributed by atoms with van der Waals surface area (Å²) in [5, 5.41) is 0. The van der Waals surface area contributed by atoms with Crippen molar-refractivity contribution in [2.75, 3.05) is 7.05 Å². The van der Waals surface area contributed by atoms with Crippen molar-refractivity contribution in [2.24, 2.45) is 0 Å². The second-order valence-electron chi connectivity index (χ2n) is 2.35. The molecular weight excluding hydrogens is 253 g/mol. The first-order valence-electron chi connectivity index (χ1n) is 3.31. The standard InChI is InChI=1S/C8H7INO/c1-10-8(11)6-4-2-3-5-7(6)9-10/h2-5H,1H3/q-1. The third-order valence-electron chi connectivity index (χ3n) is 1.60. The van der Waals surface area contributed by atoms with Crippen LogP contribution in [0.25, 0.3) is 0 Å². The first-order valence-corrected chi connectivity index (χ1v) is 5.35. The Labute approximate surface area is 75.8 Å². The topological polar surface area (TPSA) is 20.3 Å². The van der Waals surface area contributed by atoms with Crippen LogP contribution in [0.2, 0.25) is 0 Å². The number of nitrogens with zero attached hydrogens (tertiary/aromatic N) is 1. The predicted molar refractivity (Wildman–Crippen MR) is 37.2 cm³/mol. The molecule has 0 fully saturated rings. The monoisotopic (exact) mass is 260 g/mol. The second kappa shape index (κ2) is 2.48. The van der Waals surface area contributed by atoms with Gasteiger partial charge in [-0.1, -0.05) is 0 Å². The molecule has 0 spiro atoms. The Morgan fingerprint density at radius 3 is 2.82 bits per heavy atom. The van der Waals surface area contributed by atoms with Gasteiger partial charge in [-0.3, -0.25) is 0 Å². The van der Waals surface area contributed by atoms with Crippen molar-refractivity contribution >= 4 is 5.91 Å². The molecule has 1 aromatic carbocycles. The first kappa shape index (κ1) is 7.09. The molecule has 2 rings (SSSR count). The molecule has 1 aliphatic heterocycles. The second-order valence-corrected chi connectivity index (χ2v) is 5.44. The minimum absolute atomic E-state index is 0.188. The van der Waals surface area contributed by atoms with Gasteiger partial charge in [-0.05, 0) is 0 Å². The summed E-state index contributed by atoms with van der Waals surface area (Å²) in [6, 6.07) is 7.86. The molecule has 0 aliphatic carbocycles. The molecule has 0 aromatic heterocycles. The molecular formula is C8H7INO-. The molecule has 1 aliphatic rings. The average molecular weight is 260 g/mol. The zero-order chi connectivity index (χ0) is 7.84. The van der Waals surface area contributed by atoms with Crippen molar-refractivity contribution in [2.45, 2.75) is 0 Å². The van der Waals surface area contributed by atoms with Crippen LogP contribution in [0.15, 0.2) is 24.3 Å². The van der Waals surface area contributed by atoms with Crippen molar-refractivity contribution in [3.8, 4) is 0 Å². The summed E-state index contributed by atoms with van der Waals surface area (Å²) in [4.78, 5) is 11.3. The predicted octanol–water partition coefficient (Wildman–Crippen LogP) is -2.05. The first-order chi connectivity index (χ1) is 5.29. The van der Waals surface area contributed by atoms with Gasteiger partial charge in [-0.2, -0.15) is 0 Å². The van der Waals surface area contributed by atoms with Crippen molar-refractivity contribution in [3.63, 3.8) is 0 Å². The molecule has 1 heterocycles. The van der Waals surface area contributed by atoms with Crippen LogP contribution < -0.4 is 21.5 Å². The van der Waals surface area contributed by atoms with Crippen molar-refractivity contribution < 1.29 is 26.3 Å². The Hall–Kier alpha value is -0.580. The van der Waals surface area contributed by atoms with E-state index in [0.717, 1.165) is 5.56 Å². The van der Waals surface area contributed by atoms with Gasteiger partial charge in [0.05, 0.1) is 0 Å². The van der Waals surface area contributed by atoms with Gasteiger partial charge in [0, 0.05) is 0 Å². The Morgan fingerprint density at radius 1 is 1.36 bits per heavy atom. The van der Waals surface area contributed by atoms with Crippen LogP contribution in [0.1, 0.15) is 10.4 Å². The van der Waals surface area contributed by atoms with Gasteiger partial charge in [0.15, 0.2) is 0 Å². The van der Waals surface area contributed by atoms with E-state index in [0.29, 0.717) is 0 Å². The molecule has 2 nitrogen and oxygen atoms in total. The number of hydrogen-bond donors (Lipinski definition) is 0. The summed E-state index contributed by atoms with van der Waals surface area (Å²) >= 11 is -0.197. The van der Waals surface area contributed by atoms with Crippen LogP contribution in [0, 0.1) is 3.57 Å². The molecule has 0 unspecified atom stereocenters. The maximum atomic E-state index is 11.3. The van der Waals surface area contributed by atoms with Gasteiger partial charge < -0.3 is 0 Å². The van der Waals surface area contributed by atoms with E-state index in [1.54, 1.807) is 0 Å². The number of carbonyl (C=O) groups is 1. The SMILES string of the molecule is CN1[I-]c2ccccc2C1=O. The van der Waals surface area contributed by atoms with Crippen molar-refractivity contribution in [3.05, 3.63) is 33.4 Å². The Morgan fingerprint density at radius 2 is 2.09 bits per heavy atom. The van der Waals surface area contributed by atoms with E-state index in [4.69, 9.17) is 0 Å². The molecule has 0 N–H and O–H groups in total. The normalized spacial score (nSPS) is 16.1. The van der Waals surface area contributed by atoms with Gasteiger partial charge in [0.2, 0.25) is 0 Å². The maximum absolute atomic E-state index is 11.3. The van der Waals surface area contributed by atoms with Crippen molar-refractivity contribution in [1.82, 2.24) is 3.11 Å². The average Bonchev–Trinajstić information content (AvgIpc) is 2.30. The Balaban J connectivity index is 2.55. The van der Waals surface area contributed by atoms with Crippen LogP contribution in [-0.4, -0.2) is 16.1 Å². The van der Waals surface area contributed by atoms with E-state index >= 15 is 0 Å². The summed E-state index contributed by atoms with van der Waals surface area (Å²) in [7, 11) is 1.87. The molecule has 3 heteroatoms. The number of amides is 1. The molecule has 11 heavy (non-hydrogen) atoms. The van der Waals surface area contributed by atoms with Gasteiger partial charge in [-0.25, -0.2) is 0 Å². The van der Waals surface area contributed by atoms with Crippen LogP contribution in [0.5, 0.6) is 0 Å². The third kappa shape index (κ3) is 1.03. The molecule has 0 radical (unpaired) electrons. The summed E-state index contributed by atoms with van der Waals surface area (Å²) in [5.74, 6) is 0.188. The number of fused-ring (bicyclic) bond motifs is 1. The van der Waals surface area contributed by atoms with Gasteiger partial charge in [0.1, 0.15) is 0 Å². The van der Waals surface area contributed by atoms with Crippen LogP contribution in [0.3, 0.4) is 0 Å². The fourth-order valence-electron chi connectivity index (χ4n) is 1.05. The number of carbonyl (C=O) groups excluding carboxylic acids is 1. The summed E-state index contributed by atoms with van der Waals surface area (Å²) in [6.45, 7) is 0. The molecule has 0 atom stereocenters. The van der Waals surface area contributed by atoms with E-state index in [9.17, 15) is 4.79 Å². The van der Waals surface area contributed by atoms with Gasteiger partial charge in [-0.15, -0.1) is 0 Å².